The van der Waals surface area contributed by atoms with E-state index in [4.69, 9.17) is 37.4 Å². The third-order valence-corrected chi connectivity index (χ3v) is 5.57. The lowest BCUT2D eigenvalue weighted by molar-refractivity contribution is -0.147. The number of hydrogen-bond donors (Lipinski definition) is 0. The average Bonchev–Trinajstić information content (AvgIpc) is 3.24. The van der Waals surface area contributed by atoms with Gasteiger partial charge < -0.3 is 14.2 Å². The lowest BCUT2D eigenvalue weighted by Gasteiger charge is -2.13. The Labute approximate surface area is 181 Å². The van der Waals surface area contributed by atoms with Gasteiger partial charge in [-0.1, -0.05) is 73.4 Å². The molecule has 2 atom stereocenters. The summed E-state index contributed by atoms with van der Waals surface area (Å²) in [5.74, 6) is 0.712. The van der Waals surface area contributed by atoms with E-state index in [9.17, 15) is 4.79 Å². The van der Waals surface area contributed by atoms with Gasteiger partial charge in [0.25, 0.3) is 0 Å². The van der Waals surface area contributed by atoms with E-state index in [2.05, 4.69) is 0 Å². The first-order chi connectivity index (χ1) is 13.8. The number of esters is 1. The van der Waals surface area contributed by atoms with Crippen molar-refractivity contribution in [3.63, 3.8) is 0 Å². The third kappa shape index (κ3) is 5.26. The Hall–Kier alpha value is -2.17. The summed E-state index contributed by atoms with van der Waals surface area (Å²) in [5, 5.41) is 0. The molecular weight excluding hydrogens is 411 g/mol. The van der Waals surface area contributed by atoms with Crippen molar-refractivity contribution in [2.24, 2.45) is 17.3 Å². The van der Waals surface area contributed by atoms with Crippen molar-refractivity contribution in [2.45, 2.75) is 27.1 Å². The second kappa shape index (κ2) is 9.10. The summed E-state index contributed by atoms with van der Waals surface area (Å²) < 4.78 is 17.0. The predicted molar refractivity (Wildman–Crippen MR) is 114 cm³/mol. The molecule has 0 spiro atoms. The molecule has 0 aliphatic heterocycles. The zero-order valence-corrected chi connectivity index (χ0v) is 18.2. The number of hydrogen-bond acceptors (Lipinski definition) is 4. The number of halogens is 2. The van der Waals surface area contributed by atoms with Gasteiger partial charge in [-0.05, 0) is 40.7 Å². The van der Waals surface area contributed by atoms with Crippen molar-refractivity contribution >= 4 is 29.2 Å². The van der Waals surface area contributed by atoms with Gasteiger partial charge in [-0.3, -0.25) is 4.79 Å². The molecule has 3 rings (SSSR count). The van der Waals surface area contributed by atoms with Crippen LogP contribution in [0.15, 0.2) is 59.1 Å². The van der Waals surface area contributed by atoms with Crippen LogP contribution in [0.4, 0.5) is 0 Å². The number of carbonyl (C=O) groups excluding carboxylic acids is 1. The van der Waals surface area contributed by atoms with E-state index >= 15 is 0 Å². The molecule has 0 bridgehead atoms. The minimum absolute atomic E-state index is 0.0133. The minimum Gasteiger partial charge on any atom is -0.493 e. The first-order valence-electron chi connectivity index (χ1n) is 9.36. The van der Waals surface area contributed by atoms with Gasteiger partial charge in [0, 0.05) is 0 Å². The van der Waals surface area contributed by atoms with Crippen LogP contribution in [0.3, 0.4) is 0 Å². The molecule has 1 saturated carbocycles. The van der Waals surface area contributed by atoms with Crippen molar-refractivity contribution in [2.75, 3.05) is 7.11 Å². The van der Waals surface area contributed by atoms with E-state index in [0.717, 1.165) is 11.1 Å². The summed E-state index contributed by atoms with van der Waals surface area (Å²) in [6.45, 7) is 4.57. The minimum atomic E-state index is -0.256. The number of rotatable bonds is 8. The molecule has 2 unspecified atom stereocenters. The SMILES string of the molecule is COc1ccc(COC(=O)C2C(C=C(Cl)Cl)C2(C)C)cc1OCc1ccccc1. The van der Waals surface area contributed by atoms with Crippen molar-refractivity contribution in [1.29, 1.82) is 0 Å². The van der Waals surface area contributed by atoms with E-state index in [1.807, 2.05) is 62.4 Å². The maximum Gasteiger partial charge on any atom is 0.310 e. The van der Waals surface area contributed by atoms with Crippen LogP contribution in [0.1, 0.15) is 25.0 Å². The fourth-order valence-corrected chi connectivity index (χ4v) is 3.75. The Balaban J connectivity index is 1.62. The Morgan fingerprint density at radius 3 is 2.41 bits per heavy atom. The molecule has 0 N–H and O–H groups in total. The van der Waals surface area contributed by atoms with Crippen LogP contribution in [0.2, 0.25) is 0 Å². The highest BCUT2D eigenvalue weighted by atomic mass is 35.5. The van der Waals surface area contributed by atoms with Crippen LogP contribution in [0.25, 0.3) is 0 Å². The van der Waals surface area contributed by atoms with Gasteiger partial charge in [-0.15, -0.1) is 0 Å². The molecule has 0 radical (unpaired) electrons. The van der Waals surface area contributed by atoms with Crippen molar-refractivity contribution < 1.29 is 19.0 Å². The van der Waals surface area contributed by atoms with Crippen LogP contribution >= 0.6 is 23.2 Å². The highest BCUT2D eigenvalue weighted by molar-refractivity contribution is 6.55. The van der Waals surface area contributed by atoms with Gasteiger partial charge in [-0.2, -0.15) is 0 Å². The highest BCUT2D eigenvalue weighted by Crippen LogP contribution is 2.60. The number of benzene rings is 2. The van der Waals surface area contributed by atoms with Gasteiger partial charge in [-0.25, -0.2) is 0 Å². The van der Waals surface area contributed by atoms with Gasteiger partial charge >= 0.3 is 5.97 Å². The Kier molecular flexibility index (Phi) is 6.76. The van der Waals surface area contributed by atoms with Crippen LogP contribution in [-0.2, 0) is 22.7 Å². The number of allylic oxidation sites excluding steroid dienone is 1. The summed E-state index contributed by atoms with van der Waals surface area (Å²) in [4.78, 5) is 12.5. The molecule has 1 aliphatic rings. The summed E-state index contributed by atoms with van der Waals surface area (Å²) in [5.41, 5.74) is 1.67. The lowest BCUT2D eigenvalue weighted by Crippen LogP contribution is -2.10. The molecule has 6 heteroatoms. The lowest BCUT2D eigenvalue weighted by atomic mass is 10.1. The quantitative estimate of drug-likeness (QED) is 0.484. The largest absolute Gasteiger partial charge is 0.493 e. The number of carbonyl (C=O) groups is 1. The molecule has 2 aromatic rings. The van der Waals surface area contributed by atoms with Crippen molar-refractivity contribution in [1.82, 2.24) is 0 Å². The van der Waals surface area contributed by atoms with E-state index < -0.39 is 0 Å². The van der Waals surface area contributed by atoms with Crippen LogP contribution in [0.5, 0.6) is 11.5 Å². The number of ether oxygens (including phenoxy) is 3. The van der Waals surface area contributed by atoms with E-state index in [1.165, 1.54) is 0 Å². The smallest absolute Gasteiger partial charge is 0.310 e. The second-order valence-corrected chi connectivity index (χ2v) is 8.66. The van der Waals surface area contributed by atoms with E-state index in [-0.39, 0.29) is 34.3 Å². The third-order valence-electron chi connectivity index (χ3n) is 5.32. The van der Waals surface area contributed by atoms with Gasteiger partial charge in [0.05, 0.1) is 13.0 Å². The van der Waals surface area contributed by atoms with Crippen molar-refractivity contribution in [3.05, 3.63) is 70.2 Å². The number of methoxy groups -OCH3 is 1. The van der Waals surface area contributed by atoms with Crippen LogP contribution in [-0.4, -0.2) is 13.1 Å². The molecule has 0 aromatic heterocycles. The van der Waals surface area contributed by atoms with Gasteiger partial charge in [0.2, 0.25) is 0 Å². The molecule has 154 valence electrons. The zero-order chi connectivity index (χ0) is 21.0. The topological polar surface area (TPSA) is 44.8 Å². The molecule has 29 heavy (non-hydrogen) atoms. The Morgan fingerprint density at radius 2 is 1.76 bits per heavy atom. The fraction of sp³-hybridized carbons (Fsp3) is 0.348. The van der Waals surface area contributed by atoms with Crippen LogP contribution in [0, 0.1) is 17.3 Å². The zero-order valence-electron chi connectivity index (χ0n) is 16.7. The summed E-state index contributed by atoms with van der Waals surface area (Å²) in [6.07, 6.45) is 1.71. The van der Waals surface area contributed by atoms with Crippen molar-refractivity contribution in [3.8, 4) is 11.5 Å². The van der Waals surface area contributed by atoms with Gasteiger partial charge in [0.15, 0.2) is 11.5 Å². The second-order valence-electron chi connectivity index (χ2n) is 7.65. The van der Waals surface area contributed by atoms with Crippen LogP contribution < -0.4 is 9.47 Å². The molecule has 2 aromatic carbocycles. The summed E-state index contributed by atoms with van der Waals surface area (Å²) >= 11 is 11.5. The Morgan fingerprint density at radius 1 is 1.03 bits per heavy atom. The molecular formula is C23H24Cl2O4. The monoisotopic (exact) mass is 434 g/mol. The van der Waals surface area contributed by atoms with E-state index in [1.54, 1.807) is 13.2 Å². The van der Waals surface area contributed by atoms with Gasteiger partial charge in [0.1, 0.15) is 17.7 Å². The maximum atomic E-state index is 12.5. The molecule has 0 heterocycles. The fourth-order valence-electron chi connectivity index (χ4n) is 3.48. The standard InChI is InChI=1S/C23H24Cl2O4/c1-23(2)17(12-20(24)25)21(23)22(26)29-14-16-9-10-18(27-3)19(11-16)28-13-15-7-5-4-6-8-15/h4-12,17,21H,13-14H2,1-3H3. The molecule has 1 fully saturated rings. The van der Waals surface area contributed by atoms with E-state index in [0.29, 0.717) is 18.1 Å². The summed E-state index contributed by atoms with van der Waals surface area (Å²) in [6, 6.07) is 15.4. The molecule has 0 amide bonds. The predicted octanol–water partition coefficient (Wildman–Crippen LogP) is 5.91. The molecule has 0 saturated heterocycles. The maximum absolute atomic E-state index is 12.5. The first-order valence-corrected chi connectivity index (χ1v) is 10.1. The molecule has 1 aliphatic carbocycles. The normalized spacial score (nSPS) is 19.2. The first kappa shape index (κ1) is 21.5. The highest BCUT2D eigenvalue weighted by Gasteiger charge is 2.61. The Bertz CT molecular complexity index is 889. The molecule has 4 nitrogen and oxygen atoms in total. The average molecular weight is 435 g/mol. The summed E-state index contributed by atoms with van der Waals surface area (Å²) in [7, 11) is 1.59.